The first-order chi connectivity index (χ1) is 9.63. The minimum atomic E-state index is -3.72. The van der Waals surface area contributed by atoms with Crippen LogP contribution in [0.25, 0.3) is 0 Å². The van der Waals surface area contributed by atoms with Gasteiger partial charge >= 0.3 is 0 Å². The summed E-state index contributed by atoms with van der Waals surface area (Å²) in [5.41, 5.74) is 5.67. The fourth-order valence-electron chi connectivity index (χ4n) is 2.40. The molecule has 1 aromatic heterocycles. The van der Waals surface area contributed by atoms with Crippen molar-refractivity contribution < 1.29 is 17.2 Å². The first-order valence-electron chi connectivity index (χ1n) is 6.69. The van der Waals surface area contributed by atoms with Crippen molar-refractivity contribution in [2.24, 2.45) is 11.1 Å². The number of rotatable bonds is 4. The number of nitrogens with zero attached hydrogens (tertiary/aromatic N) is 3. The molecule has 0 radical (unpaired) electrons. The van der Waals surface area contributed by atoms with Crippen LogP contribution in [0.2, 0.25) is 0 Å². The Kier molecular flexibility index (Phi) is 5.94. The van der Waals surface area contributed by atoms with Gasteiger partial charge in [-0.1, -0.05) is 13.8 Å². The Morgan fingerprint density at radius 2 is 2.14 bits per heavy atom. The van der Waals surface area contributed by atoms with E-state index in [1.54, 1.807) is 0 Å². The highest BCUT2D eigenvalue weighted by molar-refractivity contribution is 7.89. The van der Waals surface area contributed by atoms with Crippen molar-refractivity contribution >= 4 is 22.4 Å². The van der Waals surface area contributed by atoms with E-state index in [2.05, 4.69) is 5.10 Å². The molecule has 1 atom stereocenters. The fourth-order valence-corrected chi connectivity index (χ4v) is 3.98. The van der Waals surface area contributed by atoms with E-state index in [-0.39, 0.29) is 28.8 Å². The summed E-state index contributed by atoms with van der Waals surface area (Å²) < 4.78 is 51.9. The maximum Gasteiger partial charge on any atom is 0.257 e. The Balaban J connectivity index is 0.00000242. The molecule has 2 N–H and O–H groups in total. The third-order valence-corrected chi connectivity index (χ3v) is 5.65. The molecule has 10 heteroatoms. The van der Waals surface area contributed by atoms with Gasteiger partial charge in [0, 0.05) is 25.3 Å². The summed E-state index contributed by atoms with van der Waals surface area (Å²) in [7, 11) is -3.72. The Morgan fingerprint density at radius 3 is 2.68 bits per heavy atom. The molecule has 0 spiro atoms. The van der Waals surface area contributed by atoms with Crippen LogP contribution in [0.4, 0.5) is 8.78 Å². The van der Waals surface area contributed by atoms with E-state index >= 15 is 0 Å². The van der Waals surface area contributed by atoms with Crippen molar-refractivity contribution in [2.75, 3.05) is 13.1 Å². The molecular weight excluding hydrogens is 338 g/mol. The maximum absolute atomic E-state index is 12.5. The molecule has 1 fully saturated rings. The lowest BCUT2D eigenvalue weighted by Gasteiger charge is -2.41. The van der Waals surface area contributed by atoms with Gasteiger partial charge < -0.3 is 5.73 Å². The highest BCUT2D eigenvalue weighted by Gasteiger charge is 2.39. The molecule has 1 saturated heterocycles. The smallest absolute Gasteiger partial charge is 0.257 e. The lowest BCUT2D eigenvalue weighted by Crippen LogP contribution is -2.53. The molecule has 6 nitrogen and oxygen atoms in total. The number of hydrogen-bond donors (Lipinski definition) is 1. The van der Waals surface area contributed by atoms with Crippen LogP contribution in [0.3, 0.4) is 0 Å². The second kappa shape index (κ2) is 6.77. The van der Waals surface area contributed by atoms with Crippen molar-refractivity contribution in [3.63, 3.8) is 0 Å². The summed E-state index contributed by atoms with van der Waals surface area (Å²) in [6.45, 7) is 3.84. The fraction of sp³-hybridized carbons (Fsp3) is 0.750. The number of aromatic nitrogens is 2. The number of sulfonamides is 1. The lowest BCUT2D eigenvalue weighted by atomic mass is 9.81. The number of hydrogen-bond acceptors (Lipinski definition) is 4. The molecule has 128 valence electrons. The van der Waals surface area contributed by atoms with E-state index in [4.69, 9.17) is 5.73 Å². The molecule has 22 heavy (non-hydrogen) atoms. The first kappa shape index (κ1) is 19.3. The molecule has 2 heterocycles. The minimum absolute atomic E-state index is 0. The second-order valence-electron chi connectivity index (χ2n) is 6.01. The molecule has 1 unspecified atom stereocenters. The van der Waals surface area contributed by atoms with E-state index < -0.39 is 23.0 Å². The molecule has 1 aliphatic rings. The molecule has 1 aliphatic heterocycles. The molecule has 0 bridgehead atoms. The molecule has 2 rings (SSSR count). The van der Waals surface area contributed by atoms with Gasteiger partial charge in [0.05, 0.1) is 6.20 Å². The van der Waals surface area contributed by atoms with E-state index in [1.807, 2.05) is 13.8 Å². The van der Waals surface area contributed by atoms with Gasteiger partial charge in [0.2, 0.25) is 10.0 Å². The number of piperidine rings is 1. The van der Waals surface area contributed by atoms with Gasteiger partial charge in [0.1, 0.15) is 11.4 Å². The van der Waals surface area contributed by atoms with Gasteiger partial charge in [-0.25, -0.2) is 17.2 Å². The van der Waals surface area contributed by atoms with Crippen molar-refractivity contribution in [1.29, 1.82) is 0 Å². The summed E-state index contributed by atoms with van der Waals surface area (Å²) in [6, 6.07) is -0.0643. The van der Waals surface area contributed by atoms with Gasteiger partial charge in [-0.05, 0) is 11.8 Å². The van der Waals surface area contributed by atoms with Crippen molar-refractivity contribution in [1.82, 2.24) is 14.1 Å². The number of alkyl halides is 2. The first-order valence-corrected chi connectivity index (χ1v) is 8.13. The number of nitrogens with two attached hydrogens (primary N) is 1. The Morgan fingerprint density at radius 1 is 1.50 bits per heavy atom. The Labute approximate surface area is 135 Å². The van der Waals surface area contributed by atoms with Crippen molar-refractivity contribution in [3.05, 3.63) is 12.4 Å². The SMILES string of the molecule is CC1(C)CN(S(=O)(=O)c2cnn(CC(F)F)c2)CCC1N.Cl. The van der Waals surface area contributed by atoms with Crippen LogP contribution >= 0.6 is 12.4 Å². The van der Waals surface area contributed by atoms with Crippen LogP contribution in [0.15, 0.2) is 17.3 Å². The van der Waals surface area contributed by atoms with E-state index in [0.717, 1.165) is 17.1 Å². The summed E-state index contributed by atoms with van der Waals surface area (Å²) in [5.74, 6) is 0. The van der Waals surface area contributed by atoms with Gasteiger partial charge in [-0.2, -0.15) is 9.40 Å². The molecule has 0 saturated carbocycles. The highest BCUT2D eigenvalue weighted by atomic mass is 35.5. The lowest BCUT2D eigenvalue weighted by molar-refractivity contribution is 0.121. The standard InChI is InChI=1S/C12H20F2N4O2S.ClH/c1-12(2)8-18(4-3-10(12)15)21(19,20)9-5-16-17(6-9)7-11(13)14;/h5-6,10-11H,3-4,7-8,15H2,1-2H3;1H. The summed E-state index contributed by atoms with van der Waals surface area (Å²) in [5, 5.41) is 3.67. The zero-order valence-electron chi connectivity index (χ0n) is 12.4. The van der Waals surface area contributed by atoms with Crippen LogP contribution < -0.4 is 5.73 Å². The average molecular weight is 359 g/mol. The average Bonchev–Trinajstić information content (AvgIpc) is 2.80. The minimum Gasteiger partial charge on any atom is -0.327 e. The predicted octanol–water partition coefficient (Wildman–Crippen LogP) is 1.32. The summed E-state index contributed by atoms with van der Waals surface area (Å²) >= 11 is 0. The molecule has 1 aromatic rings. The van der Waals surface area contributed by atoms with E-state index in [0.29, 0.717) is 19.5 Å². The molecule has 0 aliphatic carbocycles. The van der Waals surface area contributed by atoms with Gasteiger partial charge in [0.15, 0.2) is 0 Å². The van der Waals surface area contributed by atoms with Gasteiger partial charge in [-0.15, -0.1) is 12.4 Å². The monoisotopic (exact) mass is 358 g/mol. The predicted molar refractivity (Wildman–Crippen MR) is 80.6 cm³/mol. The third kappa shape index (κ3) is 3.95. The quantitative estimate of drug-likeness (QED) is 0.880. The molecular formula is C12H21ClF2N4O2S. The zero-order valence-corrected chi connectivity index (χ0v) is 14.1. The third-order valence-electron chi connectivity index (χ3n) is 3.85. The number of halogens is 3. The van der Waals surface area contributed by atoms with Crippen LogP contribution in [-0.2, 0) is 16.6 Å². The molecule has 0 aromatic carbocycles. The topological polar surface area (TPSA) is 81.2 Å². The van der Waals surface area contributed by atoms with Gasteiger partial charge in [0.25, 0.3) is 6.43 Å². The summed E-state index contributed by atoms with van der Waals surface area (Å²) in [6.07, 6.45) is 0.243. The van der Waals surface area contributed by atoms with Crippen LogP contribution in [0.5, 0.6) is 0 Å². The van der Waals surface area contributed by atoms with Crippen LogP contribution in [0.1, 0.15) is 20.3 Å². The Hall–Kier alpha value is -0.770. The van der Waals surface area contributed by atoms with Crippen LogP contribution in [-0.4, -0.2) is 48.1 Å². The van der Waals surface area contributed by atoms with E-state index in [9.17, 15) is 17.2 Å². The van der Waals surface area contributed by atoms with Gasteiger partial charge in [-0.3, -0.25) is 4.68 Å². The van der Waals surface area contributed by atoms with Crippen LogP contribution in [0, 0.1) is 5.41 Å². The normalized spacial score (nSPS) is 22.5. The molecule has 0 amide bonds. The second-order valence-corrected chi connectivity index (χ2v) is 7.95. The van der Waals surface area contributed by atoms with E-state index in [1.165, 1.54) is 4.31 Å². The Bertz CT molecular complexity index is 606. The van der Waals surface area contributed by atoms with Crippen molar-refractivity contribution in [2.45, 2.75) is 44.2 Å². The summed E-state index contributed by atoms with van der Waals surface area (Å²) in [4.78, 5) is -0.0607. The zero-order chi connectivity index (χ0) is 15.8. The highest BCUT2D eigenvalue weighted by Crippen LogP contribution is 2.31. The largest absolute Gasteiger partial charge is 0.327 e. The van der Waals surface area contributed by atoms with Crippen molar-refractivity contribution in [3.8, 4) is 0 Å². The maximum atomic E-state index is 12.5.